The molecule has 15 heavy (non-hydrogen) atoms. The Kier molecular flexibility index (Phi) is 4.05. The van der Waals surface area contributed by atoms with Crippen LogP contribution in [0.15, 0.2) is 18.2 Å². The molecule has 0 saturated heterocycles. The number of carbonyl (C=O) groups is 1. The van der Waals surface area contributed by atoms with Gasteiger partial charge >= 0.3 is 0 Å². The third-order valence-corrected chi connectivity index (χ3v) is 2.40. The molecule has 0 aromatic heterocycles. The Morgan fingerprint density at radius 3 is 2.73 bits per heavy atom. The summed E-state index contributed by atoms with van der Waals surface area (Å²) in [7, 11) is 0. The van der Waals surface area contributed by atoms with E-state index < -0.39 is 0 Å². The van der Waals surface area contributed by atoms with Crippen LogP contribution in [-0.4, -0.2) is 10.9 Å². The lowest BCUT2D eigenvalue weighted by atomic mass is 10.2. The van der Waals surface area contributed by atoms with Crippen LogP contribution in [0.3, 0.4) is 0 Å². The van der Waals surface area contributed by atoms with Crippen molar-refractivity contribution in [3.05, 3.63) is 28.8 Å². The smallest absolute Gasteiger partial charge is 0.224 e. The molecule has 1 rings (SSSR count). The molecule has 3 N–H and O–H groups in total. The van der Waals surface area contributed by atoms with E-state index in [-0.39, 0.29) is 10.9 Å². The molecule has 5 heteroatoms. The average molecular weight is 243 g/mol. The predicted molar refractivity (Wildman–Crippen MR) is 66.3 cm³/mol. The van der Waals surface area contributed by atoms with E-state index in [9.17, 15) is 4.79 Å². The van der Waals surface area contributed by atoms with E-state index in [0.717, 1.165) is 0 Å². The first-order valence-corrected chi connectivity index (χ1v) is 5.22. The molecule has 0 unspecified atom stereocenters. The summed E-state index contributed by atoms with van der Waals surface area (Å²) in [4.78, 5) is 11.4. The van der Waals surface area contributed by atoms with Crippen molar-refractivity contribution < 1.29 is 4.79 Å². The fourth-order valence-electron chi connectivity index (χ4n) is 1.01. The van der Waals surface area contributed by atoms with Crippen LogP contribution in [0, 0.1) is 0 Å². The fraction of sp³-hybridized carbons (Fsp3) is 0.200. The van der Waals surface area contributed by atoms with Gasteiger partial charge < -0.3 is 11.1 Å². The molecule has 0 aliphatic rings. The molecule has 0 bridgehead atoms. The lowest BCUT2D eigenvalue weighted by Crippen LogP contribution is -2.12. The van der Waals surface area contributed by atoms with Crippen LogP contribution in [0.2, 0.25) is 5.02 Å². The number of nitrogens with one attached hydrogen (secondary N) is 1. The molecule has 0 aliphatic carbocycles. The van der Waals surface area contributed by atoms with E-state index in [2.05, 4.69) is 5.32 Å². The van der Waals surface area contributed by atoms with Crippen molar-refractivity contribution in [3.8, 4) is 0 Å². The molecule has 0 atom stereocenters. The molecular weight excluding hydrogens is 232 g/mol. The van der Waals surface area contributed by atoms with E-state index in [1.54, 1.807) is 25.1 Å². The van der Waals surface area contributed by atoms with E-state index in [4.69, 9.17) is 29.6 Å². The lowest BCUT2D eigenvalue weighted by Gasteiger charge is -2.07. The minimum Gasteiger partial charge on any atom is -0.389 e. The number of halogens is 1. The van der Waals surface area contributed by atoms with Gasteiger partial charge in [-0.25, -0.2) is 0 Å². The Balaban J connectivity index is 2.93. The maximum Gasteiger partial charge on any atom is 0.224 e. The SMILES string of the molecule is CCC(=O)Nc1ccc(C(N)=S)cc1Cl. The van der Waals surface area contributed by atoms with Gasteiger partial charge in [0.05, 0.1) is 10.7 Å². The Labute approximate surface area is 98.6 Å². The van der Waals surface area contributed by atoms with Gasteiger partial charge in [-0.15, -0.1) is 0 Å². The number of carbonyl (C=O) groups excluding carboxylic acids is 1. The van der Waals surface area contributed by atoms with Crippen LogP contribution in [0.5, 0.6) is 0 Å². The van der Waals surface area contributed by atoms with Crippen molar-refractivity contribution in [1.82, 2.24) is 0 Å². The zero-order valence-corrected chi connectivity index (χ0v) is 9.78. The first-order valence-electron chi connectivity index (χ1n) is 4.43. The number of hydrogen-bond donors (Lipinski definition) is 2. The Morgan fingerprint density at radius 2 is 2.27 bits per heavy atom. The highest BCUT2D eigenvalue weighted by Crippen LogP contribution is 2.23. The summed E-state index contributed by atoms with van der Waals surface area (Å²) in [5.74, 6) is -0.0834. The molecule has 1 amide bonds. The quantitative estimate of drug-likeness (QED) is 0.800. The summed E-state index contributed by atoms with van der Waals surface area (Å²) in [6, 6.07) is 5.04. The summed E-state index contributed by atoms with van der Waals surface area (Å²) in [5.41, 5.74) is 6.70. The molecule has 0 heterocycles. The summed E-state index contributed by atoms with van der Waals surface area (Å²) < 4.78 is 0. The highest BCUT2D eigenvalue weighted by molar-refractivity contribution is 7.80. The maximum absolute atomic E-state index is 11.1. The number of nitrogens with two attached hydrogens (primary N) is 1. The molecule has 0 fully saturated rings. The zero-order chi connectivity index (χ0) is 11.4. The first kappa shape index (κ1) is 11.9. The largest absolute Gasteiger partial charge is 0.389 e. The third-order valence-electron chi connectivity index (χ3n) is 1.85. The Hall–Kier alpha value is -1.13. The minimum absolute atomic E-state index is 0.0834. The molecule has 80 valence electrons. The van der Waals surface area contributed by atoms with Crippen LogP contribution in [0.4, 0.5) is 5.69 Å². The molecule has 1 aromatic carbocycles. The van der Waals surface area contributed by atoms with Crippen LogP contribution >= 0.6 is 23.8 Å². The average Bonchev–Trinajstić information content (AvgIpc) is 2.20. The van der Waals surface area contributed by atoms with Crippen LogP contribution in [-0.2, 0) is 4.79 Å². The first-order chi connectivity index (χ1) is 7.04. The molecule has 3 nitrogen and oxygen atoms in total. The molecule has 1 aromatic rings. The topological polar surface area (TPSA) is 55.1 Å². The van der Waals surface area contributed by atoms with Crippen LogP contribution in [0.1, 0.15) is 18.9 Å². The summed E-state index contributed by atoms with van der Waals surface area (Å²) >= 11 is 10.8. The fourth-order valence-corrected chi connectivity index (χ4v) is 1.36. The number of thiocarbonyl (C=S) groups is 1. The number of hydrogen-bond acceptors (Lipinski definition) is 2. The number of rotatable bonds is 3. The van der Waals surface area contributed by atoms with E-state index >= 15 is 0 Å². The van der Waals surface area contributed by atoms with Gasteiger partial charge in [0.2, 0.25) is 5.91 Å². The standard InChI is InChI=1S/C10H11ClN2OS/c1-2-9(14)13-8-4-3-6(10(12)15)5-7(8)11/h3-5H,2H2,1H3,(H2,12,15)(H,13,14). The minimum atomic E-state index is -0.0834. The Morgan fingerprint density at radius 1 is 1.60 bits per heavy atom. The zero-order valence-electron chi connectivity index (χ0n) is 8.21. The number of amides is 1. The number of benzene rings is 1. The summed E-state index contributed by atoms with van der Waals surface area (Å²) in [6.07, 6.45) is 0.410. The van der Waals surface area contributed by atoms with E-state index in [1.807, 2.05) is 0 Å². The summed E-state index contributed by atoms with van der Waals surface area (Å²) in [5, 5.41) is 3.10. The van der Waals surface area contributed by atoms with Crippen molar-refractivity contribution in [1.29, 1.82) is 0 Å². The molecular formula is C10H11ClN2OS. The van der Waals surface area contributed by atoms with Gasteiger partial charge in [-0.05, 0) is 18.2 Å². The van der Waals surface area contributed by atoms with Gasteiger partial charge in [0.1, 0.15) is 4.99 Å². The second-order valence-corrected chi connectivity index (χ2v) is 3.81. The highest BCUT2D eigenvalue weighted by atomic mass is 35.5. The maximum atomic E-state index is 11.1. The highest BCUT2D eigenvalue weighted by Gasteiger charge is 2.05. The molecule has 0 aliphatic heterocycles. The predicted octanol–water partition coefficient (Wildman–Crippen LogP) is 2.32. The van der Waals surface area contributed by atoms with Gasteiger partial charge in [-0.3, -0.25) is 4.79 Å². The van der Waals surface area contributed by atoms with E-state index in [1.165, 1.54) is 0 Å². The van der Waals surface area contributed by atoms with Gasteiger partial charge in [0.15, 0.2) is 0 Å². The van der Waals surface area contributed by atoms with Crippen molar-refractivity contribution >= 4 is 40.4 Å². The second kappa shape index (κ2) is 5.09. The molecule has 0 radical (unpaired) electrons. The second-order valence-electron chi connectivity index (χ2n) is 2.96. The van der Waals surface area contributed by atoms with E-state index in [0.29, 0.717) is 22.7 Å². The summed E-state index contributed by atoms with van der Waals surface area (Å²) in [6.45, 7) is 1.77. The van der Waals surface area contributed by atoms with Crippen molar-refractivity contribution in [2.24, 2.45) is 5.73 Å². The Bertz CT molecular complexity index is 406. The van der Waals surface area contributed by atoms with Crippen molar-refractivity contribution in [3.63, 3.8) is 0 Å². The monoisotopic (exact) mass is 242 g/mol. The third kappa shape index (κ3) is 3.18. The lowest BCUT2D eigenvalue weighted by molar-refractivity contribution is -0.115. The van der Waals surface area contributed by atoms with Gasteiger partial charge in [0, 0.05) is 12.0 Å². The van der Waals surface area contributed by atoms with Crippen molar-refractivity contribution in [2.45, 2.75) is 13.3 Å². The van der Waals surface area contributed by atoms with Crippen LogP contribution < -0.4 is 11.1 Å². The molecule has 0 spiro atoms. The normalized spacial score (nSPS) is 9.73. The van der Waals surface area contributed by atoms with Gasteiger partial charge in [0.25, 0.3) is 0 Å². The van der Waals surface area contributed by atoms with Gasteiger partial charge in [-0.2, -0.15) is 0 Å². The number of anilines is 1. The van der Waals surface area contributed by atoms with Gasteiger partial charge in [-0.1, -0.05) is 30.7 Å². The van der Waals surface area contributed by atoms with Crippen molar-refractivity contribution in [2.75, 3.05) is 5.32 Å². The molecule has 0 saturated carbocycles. The van der Waals surface area contributed by atoms with Crippen LogP contribution in [0.25, 0.3) is 0 Å².